The number of hydrogen-bond donors (Lipinski definition) is 1. The summed E-state index contributed by atoms with van der Waals surface area (Å²) in [6.07, 6.45) is 2.20. The number of unbranched alkanes of at least 4 members (excludes halogenated alkanes) is 1. The molecule has 0 spiro atoms. The molecule has 0 unspecified atom stereocenters. The van der Waals surface area contributed by atoms with Crippen LogP contribution in [0, 0.1) is 6.61 Å². The largest absolute Gasteiger partial charge is 1.00 e. The Morgan fingerprint density at radius 3 is 2.67 bits per heavy atom. The molecule has 0 aliphatic heterocycles. The first kappa shape index (κ1) is 12.6. The van der Waals surface area contributed by atoms with Gasteiger partial charge >= 0.3 is 29.6 Å². The van der Waals surface area contributed by atoms with E-state index in [-0.39, 0.29) is 36.2 Å². The number of aliphatic hydroxyl groups excluding tert-OH is 1. The van der Waals surface area contributed by atoms with Crippen molar-refractivity contribution in [2.75, 3.05) is 13.2 Å². The van der Waals surface area contributed by atoms with Gasteiger partial charge in [0.1, 0.15) is 0 Å². The Morgan fingerprint density at radius 1 is 1.56 bits per heavy atom. The van der Waals surface area contributed by atoms with Gasteiger partial charge in [-0.2, -0.15) is 6.61 Å². The molecule has 0 saturated carbocycles. The van der Waals surface area contributed by atoms with E-state index >= 15 is 0 Å². The zero-order chi connectivity index (χ0) is 6.24. The molecule has 0 aromatic heterocycles. The van der Waals surface area contributed by atoms with E-state index in [4.69, 9.17) is 9.84 Å². The summed E-state index contributed by atoms with van der Waals surface area (Å²) < 4.78 is 4.85. The Morgan fingerprint density at radius 2 is 2.22 bits per heavy atom. The Hall–Kier alpha value is 0.920. The molecule has 0 fully saturated rings. The van der Waals surface area contributed by atoms with Gasteiger partial charge in [0, 0.05) is 6.61 Å². The normalized spacial score (nSPS) is 8.67. The topological polar surface area (TPSA) is 29.5 Å². The van der Waals surface area contributed by atoms with Crippen LogP contribution in [0.1, 0.15) is 19.8 Å². The van der Waals surface area contributed by atoms with Crippen molar-refractivity contribution in [1.29, 1.82) is 0 Å². The fraction of sp³-hybridized carbons (Fsp3) is 0.833. The third-order valence-corrected chi connectivity index (χ3v) is 0.808. The van der Waals surface area contributed by atoms with Crippen LogP contribution in [-0.2, 0) is 4.74 Å². The van der Waals surface area contributed by atoms with Crippen molar-refractivity contribution >= 4 is 0 Å². The molecule has 50 valence electrons. The summed E-state index contributed by atoms with van der Waals surface area (Å²) in [6, 6.07) is 0. The predicted molar refractivity (Wildman–Crippen MR) is 32.2 cm³/mol. The van der Waals surface area contributed by atoms with Gasteiger partial charge in [0.15, 0.2) is 0 Å². The molecule has 0 rings (SSSR count). The Balaban J connectivity index is 0. The van der Waals surface area contributed by atoms with Gasteiger partial charge in [-0.3, -0.25) is 0 Å². The van der Waals surface area contributed by atoms with Crippen LogP contribution in [0.3, 0.4) is 0 Å². The smallest absolute Gasteiger partial charge is 0.550 e. The van der Waals surface area contributed by atoms with E-state index in [1.165, 1.54) is 6.61 Å². The molecule has 2 nitrogen and oxygen atoms in total. The van der Waals surface area contributed by atoms with Gasteiger partial charge in [0.05, 0.1) is 0 Å². The fourth-order valence-electron chi connectivity index (χ4n) is 0.364. The van der Waals surface area contributed by atoms with Gasteiger partial charge in [-0.05, 0) is 6.42 Å². The summed E-state index contributed by atoms with van der Waals surface area (Å²) in [5.41, 5.74) is 0. The van der Waals surface area contributed by atoms with E-state index in [1.54, 1.807) is 0 Å². The summed E-state index contributed by atoms with van der Waals surface area (Å²) in [4.78, 5) is 0. The molecule has 1 N–H and O–H groups in total. The van der Waals surface area contributed by atoms with E-state index in [2.05, 4.69) is 6.92 Å². The number of aliphatic hydroxyl groups is 1. The second-order valence-corrected chi connectivity index (χ2v) is 1.57. The first-order valence-electron chi connectivity index (χ1n) is 2.96. The van der Waals surface area contributed by atoms with Gasteiger partial charge in [0.25, 0.3) is 0 Å². The monoisotopic (exact) mass is 140 g/mol. The van der Waals surface area contributed by atoms with Crippen molar-refractivity contribution in [3.05, 3.63) is 6.61 Å². The summed E-state index contributed by atoms with van der Waals surface area (Å²) in [5, 5.41) is 8.19. The number of rotatable bonds is 5. The summed E-state index contributed by atoms with van der Waals surface area (Å²) in [7, 11) is 0. The molecule has 3 heteroatoms. The average molecular weight is 140 g/mol. The van der Waals surface area contributed by atoms with Crippen LogP contribution >= 0.6 is 0 Å². The maximum Gasteiger partial charge on any atom is 1.00 e. The first-order chi connectivity index (χ1) is 3.91. The minimum absolute atomic E-state index is 0. The Labute approximate surface area is 78.9 Å². The van der Waals surface area contributed by atoms with Gasteiger partial charge in [-0.25, -0.2) is 0 Å². The standard InChI is InChI=1S/C6H13O2.Na/c1-2-3-5-8-6-4-7;/h6-7H,2-5H2,1H3;/q-1;+1. The van der Waals surface area contributed by atoms with Crippen molar-refractivity contribution in [1.82, 2.24) is 0 Å². The van der Waals surface area contributed by atoms with Crippen LogP contribution in [0.25, 0.3) is 0 Å². The quantitative estimate of drug-likeness (QED) is 0.271. The summed E-state index contributed by atoms with van der Waals surface area (Å²) >= 11 is 0. The van der Waals surface area contributed by atoms with Crippen LogP contribution in [0.4, 0.5) is 0 Å². The SMILES string of the molecule is CCCCO[CH-]CO.[Na+]. The molecular formula is C6H13NaO2. The van der Waals surface area contributed by atoms with E-state index in [1.807, 2.05) is 0 Å². The van der Waals surface area contributed by atoms with Crippen LogP contribution in [0.15, 0.2) is 0 Å². The molecule has 0 heterocycles. The summed E-state index contributed by atoms with van der Waals surface area (Å²) in [5.74, 6) is 0. The van der Waals surface area contributed by atoms with Gasteiger partial charge in [-0.1, -0.05) is 20.0 Å². The molecule has 0 saturated heterocycles. The second kappa shape index (κ2) is 11.7. The molecule has 0 atom stereocenters. The van der Waals surface area contributed by atoms with Crippen LogP contribution in [0.2, 0.25) is 0 Å². The minimum atomic E-state index is 0. The van der Waals surface area contributed by atoms with E-state index in [0.29, 0.717) is 0 Å². The molecule has 0 bridgehead atoms. The molecule has 9 heavy (non-hydrogen) atoms. The van der Waals surface area contributed by atoms with Crippen LogP contribution < -0.4 is 29.6 Å². The average Bonchev–Trinajstić information content (AvgIpc) is 1.81. The van der Waals surface area contributed by atoms with Gasteiger partial charge in [0.2, 0.25) is 0 Å². The van der Waals surface area contributed by atoms with Crippen LogP contribution in [-0.4, -0.2) is 18.3 Å². The molecule has 0 aliphatic carbocycles. The zero-order valence-corrected chi connectivity index (χ0v) is 8.26. The predicted octanol–water partition coefficient (Wildman–Crippen LogP) is -2.04. The maximum absolute atomic E-state index is 8.19. The van der Waals surface area contributed by atoms with Gasteiger partial charge in [-0.15, -0.1) is 0 Å². The zero-order valence-electron chi connectivity index (χ0n) is 6.26. The van der Waals surface area contributed by atoms with Crippen molar-refractivity contribution in [2.24, 2.45) is 0 Å². The van der Waals surface area contributed by atoms with Crippen molar-refractivity contribution in [3.8, 4) is 0 Å². The molecule has 0 amide bonds. The van der Waals surface area contributed by atoms with E-state index < -0.39 is 0 Å². The Bertz CT molecular complexity index is 36.0. The maximum atomic E-state index is 8.19. The van der Waals surface area contributed by atoms with Crippen molar-refractivity contribution < 1.29 is 39.4 Å². The third-order valence-electron chi connectivity index (χ3n) is 0.808. The van der Waals surface area contributed by atoms with Crippen molar-refractivity contribution in [3.63, 3.8) is 0 Å². The van der Waals surface area contributed by atoms with Crippen LogP contribution in [0.5, 0.6) is 0 Å². The molecule has 0 radical (unpaired) electrons. The second-order valence-electron chi connectivity index (χ2n) is 1.57. The molecule has 0 aliphatic rings. The van der Waals surface area contributed by atoms with Crippen molar-refractivity contribution in [2.45, 2.75) is 19.8 Å². The number of ether oxygens (including phenoxy) is 1. The molecule has 0 aromatic carbocycles. The molecular weight excluding hydrogens is 127 g/mol. The Kier molecular flexibility index (Phi) is 16.3. The molecule has 0 aromatic rings. The summed E-state index contributed by atoms with van der Waals surface area (Å²) in [6.45, 7) is 4.26. The van der Waals surface area contributed by atoms with E-state index in [9.17, 15) is 0 Å². The fourth-order valence-corrected chi connectivity index (χ4v) is 0.364. The first-order valence-corrected chi connectivity index (χ1v) is 2.96. The minimum Gasteiger partial charge on any atom is -0.550 e. The number of hydrogen-bond acceptors (Lipinski definition) is 2. The third kappa shape index (κ3) is 12.2. The van der Waals surface area contributed by atoms with Gasteiger partial charge < -0.3 is 9.84 Å². The van der Waals surface area contributed by atoms with E-state index in [0.717, 1.165) is 19.4 Å².